The highest BCUT2D eigenvalue weighted by Crippen LogP contribution is 2.21. The Bertz CT molecular complexity index is 1430. The fourth-order valence-corrected chi connectivity index (χ4v) is 3.41. The number of anilines is 1. The monoisotopic (exact) mass is 477 g/mol. The van der Waals surface area contributed by atoms with Crippen LogP contribution in [0.1, 0.15) is 16.1 Å². The lowest BCUT2D eigenvalue weighted by Crippen LogP contribution is -2.16. The summed E-state index contributed by atoms with van der Waals surface area (Å²) in [7, 11) is 0. The van der Waals surface area contributed by atoms with Crippen molar-refractivity contribution in [2.75, 3.05) is 5.32 Å². The zero-order valence-corrected chi connectivity index (χ0v) is 18.3. The van der Waals surface area contributed by atoms with Gasteiger partial charge in [0.25, 0.3) is 5.91 Å². The van der Waals surface area contributed by atoms with Crippen LogP contribution in [0.15, 0.2) is 73.1 Å². The van der Waals surface area contributed by atoms with Gasteiger partial charge in [-0.25, -0.2) is 9.07 Å². The van der Waals surface area contributed by atoms with E-state index in [9.17, 15) is 9.18 Å². The van der Waals surface area contributed by atoms with Gasteiger partial charge in [-0.2, -0.15) is 10.2 Å². The summed E-state index contributed by atoms with van der Waals surface area (Å²) < 4.78 is 16.2. The van der Waals surface area contributed by atoms with Crippen molar-refractivity contribution >= 4 is 23.3 Å². The van der Waals surface area contributed by atoms with E-state index >= 15 is 0 Å². The van der Waals surface area contributed by atoms with Gasteiger partial charge in [-0.05, 0) is 29.0 Å². The second-order valence-electron chi connectivity index (χ2n) is 7.34. The van der Waals surface area contributed by atoms with Crippen LogP contribution in [0, 0.1) is 5.82 Å². The fraction of sp³-hybridized carbons (Fsp3) is 0.0909. The van der Waals surface area contributed by atoms with E-state index in [0.29, 0.717) is 12.4 Å². The number of carbonyl (C=O) groups excluding carboxylic acids is 1. The normalized spacial score (nSPS) is 11.0. The minimum Gasteiger partial charge on any atom is -0.302 e. The maximum Gasteiger partial charge on any atom is 0.277 e. The maximum absolute atomic E-state index is 13.1. The number of aromatic nitrogens is 8. The largest absolute Gasteiger partial charge is 0.302 e. The molecule has 0 atom stereocenters. The molecular formula is C22H17ClFN9O. The summed E-state index contributed by atoms with van der Waals surface area (Å²) in [5.41, 5.74) is 1.87. The molecule has 12 heteroatoms. The summed E-state index contributed by atoms with van der Waals surface area (Å²) in [4.78, 5) is 14.0. The number of rotatable bonds is 7. The number of nitrogens with zero attached hydrogens (tertiary/aromatic N) is 8. The highest BCUT2D eigenvalue weighted by molar-refractivity contribution is 6.33. The van der Waals surface area contributed by atoms with Crippen molar-refractivity contribution in [2.24, 2.45) is 0 Å². The van der Waals surface area contributed by atoms with Crippen molar-refractivity contribution in [1.82, 2.24) is 39.8 Å². The minimum atomic E-state index is -0.468. The summed E-state index contributed by atoms with van der Waals surface area (Å²) in [6.07, 6.45) is 3.22. The Morgan fingerprint density at radius 1 is 0.971 bits per heavy atom. The van der Waals surface area contributed by atoms with Crippen molar-refractivity contribution < 1.29 is 9.18 Å². The Labute approximate surface area is 197 Å². The average Bonchev–Trinajstić information content (AvgIpc) is 3.58. The Kier molecular flexibility index (Phi) is 5.83. The first-order chi connectivity index (χ1) is 16.5. The van der Waals surface area contributed by atoms with Crippen molar-refractivity contribution in [1.29, 1.82) is 0 Å². The summed E-state index contributed by atoms with van der Waals surface area (Å²) in [5, 5.41) is 23.9. The number of tetrazole rings is 1. The third kappa shape index (κ3) is 4.84. The smallest absolute Gasteiger partial charge is 0.277 e. The second-order valence-corrected chi connectivity index (χ2v) is 7.74. The predicted octanol–water partition coefficient (Wildman–Crippen LogP) is 3.33. The number of halogens is 2. The lowest BCUT2D eigenvalue weighted by Gasteiger charge is -2.02. The molecule has 170 valence electrons. The molecule has 1 amide bonds. The van der Waals surface area contributed by atoms with Crippen LogP contribution in [0.25, 0.3) is 11.4 Å². The number of amides is 1. The van der Waals surface area contributed by atoms with E-state index in [1.165, 1.54) is 21.6 Å². The number of hydrogen-bond acceptors (Lipinski definition) is 6. The van der Waals surface area contributed by atoms with Crippen LogP contribution in [-0.2, 0) is 13.2 Å². The summed E-state index contributed by atoms with van der Waals surface area (Å²) in [6.45, 7) is 0.556. The standard InChI is InChI=1S/C22H17ClFN9O/c23-18-13-32(12-15-6-8-17(24)9-7-15)28-21(18)25-22(34)19-10-11-31(27-19)14-33-29-20(26-30-33)16-4-2-1-3-5-16/h1-11,13H,12,14H2,(H,25,28,34). The van der Waals surface area contributed by atoms with Crippen LogP contribution in [0.5, 0.6) is 0 Å². The summed E-state index contributed by atoms with van der Waals surface area (Å²) >= 11 is 6.22. The predicted molar refractivity (Wildman–Crippen MR) is 122 cm³/mol. The van der Waals surface area contributed by atoms with Gasteiger partial charge in [-0.3, -0.25) is 9.48 Å². The van der Waals surface area contributed by atoms with Gasteiger partial charge >= 0.3 is 0 Å². The van der Waals surface area contributed by atoms with Gasteiger partial charge in [0, 0.05) is 18.0 Å². The minimum absolute atomic E-state index is 0.174. The molecule has 0 spiro atoms. The first-order valence-corrected chi connectivity index (χ1v) is 10.6. The molecule has 0 fully saturated rings. The highest BCUT2D eigenvalue weighted by Gasteiger charge is 2.15. The van der Waals surface area contributed by atoms with Gasteiger partial charge in [0.05, 0.1) is 6.54 Å². The van der Waals surface area contributed by atoms with Crippen molar-refractivity contribution in [3.63, 3.8) is 0 Å². The molecule has 5 rings (SSSR count). The van der Waals surface area contributed by atoms with Gasteiger partial charge in [0.1, 0.15) is 10.8 Å². The van der Waals surface area contributed by atoms with Gasteiger partial charge in [-0.15, -0.1) is 15.0 Å². The molecule has 0 saturated carbocycles. The molecule has 10 nitrogen and oxygen atoms in total. The van der Waals surface area contributed by atoms with Gasteiger partial charge in [0.15, 0.2) is 18.2 Å². The maximum atomic E-state index is 13.1. The Hall–Kier alpha value is -4.38. The van der Waals surface area contributed by atoms with Crippen molar-refractivity contribution in [3.05, 3.63) is 95.2 Å². The first kappa shape index (κ1) is 21.5. The first-order valence-electron chi connectivity index (χ1n) is 10.2. The SMILES string of the molecule is O=C(Nc1nn(Cc2ccc(F)cc2)cc1Cl)c1ccn(Cn2nnc(-c3ccccc3)n2)n1. The molecule has 1 N–H and O–H groups in total. The fourth-order valence-electron chi connectivity index (χ4n) is 3.21. The van der Waals surface area contributed by atoms with Crippen molar-refractivity contribution in [3.8, 4) is 11.4 Å². The zero-order valence-electron chi connectivity index (χ0n) is 17.6. The summed E-state index contributed by atoms with van der Waals surface area (Å²) in [6, 6.07) is 17.1. The second kappa shape index (κ2) is 9.24. The molecule has 3 heterocycles. The van der Waals surface area contributed by atoms with Crippen LogP contribution >= 0.6 is 11.6 Å². The molecular weight excluding hydrogens is 461 g/mol. The topological polar surface area (TPSA) is 108 Å². The molecule has 0 bridgehead atoms. The van der Waals surface area contributed by atoms with E-state index < -0.39 is 5.91 Å². The van der Waals surface area contributed by atoms with Crippen LogP contribution < -0.4 is 5.32 Å². The molecule has 0 unspecified atom stereocenters. The van der Waals surface area contributed by atoms with E-state index in [-0.39, 0.29) is 29.0 Å². The molecule has 0 aliphatic carbocycles. The zero-order chi connectivity index (χ0) is 23.5. The molecule has 0 aliphatic rings. The molecule has 0 radical (unpaired) electrons. The molecule has 34 heavy (non-hydrogen) atoms. The lowest BCUT2D eigenvalue weighted by molar-refractivity contribution is 0.102. The van der Waals surface area contributed by atoms with E-state index in [1.807, 2.05) is 30.3 Å². The number of benzene rings is 2. The van der Waals surface area contributed by atoms with Crippen LogP contribution in [0.3, 0.4) is 0 Å². The van der Waals surface area contributed by atoms with Crippen LogP contribution in [0.4, 0.5) is 10.2 Å². The van der Waals surface area contributed by atoms with E-state index in [2.05, 4.69) is 30.9 Å². The molecule has 2 aromatic carbocycles. The number of carbonyl (C=O) groups is 1. The van der Waals surface area contributed by atoms with Crippen LogP contribution in [-0.4, -0.2) is 45.7 Å². The third-order valence-corrected chi connectivity index (χ3v) is 5.11. The summed E-state index contributed by atoms with van der Waals surface area (Å²) in [5.74, 6) is -0.0829. The van der Waals surface area contributed by atoms with E-state index in [1.54, 1.807) is 35.3 Å². The Morgan fingerprint density at radius 3 is 2.56 bits per heavy atom. The Balaban J connectivity index is 1.23. The molecule has 3 aromatic heterocycles. The third-order valence-electron chi connectivity index (χ3n) is 4.84. The quantitative estimate of drug-likeness (QED) is 0.385. The molecule has 0 aliphatic heterocycles. The van der Waals surface area contributed by atoms with E-state index in [0.717, 1.165) is 11.1 Å². The van der Waals surface area contributed by atoms with Gasteiger partial charge in [0.2, 0.25) is 5.82 Å². The van der Waals surface area contributed by atoms with Gasteiger partial charge in [-0.1, -0.05) is 54.1 Å². The van der Waals surface area contributed by atoms with Gasteiger partial charge < -0.3 is 5.32 Å². The van der Waals surface area contributed by atoms with Crippen LogP contribution in [0.2, 0.25) is 5.02 Å². The van der Waals surface area contributed by atoms with Crippen molar-refractivity contribution in [2.45, 2.75) is 13.2 Å². The Morgan fingerprint density at radius 2 is 1.76 bits per heavy atom. The molecule has 5 aromatic rings. The highest BCUT2D eigenvalue weighted by atomic mass is 35.5. The lowest BCUT2D eigenvalue weighted by atomic mass is 10.2. The van der Waals surface area contributed by atoms with E-state index in [4.69, 9.17) is 11.6 Å². The molecule has 0 saturated heterocycles. The number of hydrogen-bond donors (Lipinski definition) is 1. The number of nitrogens with one attached hydrogen (secondary N) is 1. The average molecular weight is 478 g/mol.